The van der Waals surface area contributed by atoms with Crippen molar-refractivity contribution in [2.24, 2.45) is 5.92 Å². The van der Waals surface area contributed by atoms with E-state index in [0.717, 1.165) is 0 Å². The van der Waals surface area contributed by atoms with Crippen molar-refractivity contribution < 1.29 is 14.6 Å². The van der Waals surface area contributed by atoms with E-state index in [2.05, 4.69) is 36.2 Å². The van der Waals surface area contributed by atoms with E-state index in [1.807, 2.05) is 38.1 Å². The molecule has 1 aliphatic carbocycles. The van der Waals surface area contributed by atoms with Gasteiger partial charge in [0.2, 0.25) is 0 Å². The molecule has 2 atom stereocenters. The number of aliphatic hydroxyl groups excluding tert-OH is 1. The summed E-state index contributed by atoms with van der Waals surface area (Å²) in [5.41, 5.74) is 4.75. The van der Waals surface area contributed by atoms with Gasteiger partial charge in [-0.3, -0.25) is 0 Å². The maximum Gasteiger partial charge on any atom is 0.407 e. The van der Waals surface area contributed by atoms with Gasteiger partial charge in [-0.1, -0.05) is 68.5 Å². The summed E-state index contributed by atoms with van der Waals surface area (Å²) in [6, 6.07) is 16.1. The van der Waals surface area contributed by atoms with Gasteiger partial charge in [0.1, 0.15) is 6.61 Å². The Balaban J connectivity index is 1.69. The summed E-state index contributed by atoms with van der Waals surface area (Å²) in [6.07, 6.45) is 0.782. The minimum atomic E-state index is -0.798. The molecule has 0 saturated carbocycles. The molecule has 0 heterocycles. The van der Waals surface area contributed by atoms with Crippen LogP contribution in [0, 0.1) is 5.92 Å². The van der Waals surface area contributed by atoms with Crippen molar-refractivity contribution in [1.29, 1.82) is 0 Å². The van der Waals surface area contributed by atoms with E-state index in [-0.39, 0.29) is 12.5 Å². The van der Waals surface area contributed by atoms with Crippen molar-refractivity contribution in [2.45, 2.75) is 38.3 Å². The van der Waals surface area contributed by atoms with Crippen LogP contribution in [0.15, 0.2) is 61.2 Å². The lowest BCUT2D eigenvalue weighted by molar-refractivity contribution is 0.115. The van der Waals surface area contributed by atoms with Crippen molar-refractivity contribution in [3.63, 3.8) is 0 Å². The molecule has 0 unspecified atom stereocenters. The Hall–Kier alpha value is -2.59. The summed E-state index contributed by atoms with van der Waals surface area (Å²) in [5, 5.41) is 12.9. The minimum absolute atomic E-state index is 0.0241. The summed E-state index contributed by atoms with van der Waals surface area (Å²) in [6.45, 7) is 7.96. The lowest BCUT2D eigenvalue weighted by Crippen LogP contribution is -2.43. The molecule has 2 N–H and O–H groups in total. The SMILES string of the molecule is C=C[C@@H](O)[C@H](CC(C)C)NC(=O)OCC1c2ccccc2-c2ccccc21. The van der Waals surface area contributed by atoms with Crippen LogP contribution >= 0.6 is 0 Å². The molecule has 0 aromatic heterocycles. The molecule has 0 spiro atoms. The van der Waals surface area contributed by atoms with Gasteiger partial charge in [-0.15, -0.1) is 6.58 Å². The average molecular weight is 365 g/mol. The number of nitrogens with one attached hydrogen (secondary N) is 1. The normalized spacial score (nSPS) is 15.0. The second kappa shape index (κ2) is 8.40. The maximum atomic E-state index is 12.4. The van der Waals surface area contributed by atoms with E-state index >= 15 is 0 Å². The summed E-state index contributed by atoms with van der Waals surface area (Å²) >= 11 is 0. The number of alkyl carbamates (subject to hydrolysis) is 1. The Bertz CT molecular complexity index is 769. The summed E-state index contributed by atoms with van der Waals surface area (Å²) in [4.78, 5) is 12.4. The summed E-state index contributed by atoms with van der Waals surface area (Å²) in [5.74, 6) is 0.356. The van der Waals surface area contributed by atoms with Crippen molar-refractivity contribution in [3.05, 3.63) is 72.3 Å². The first kappa shape index (κ1) is 19.2. The Kier molecular flexibility index (Phi) is 5.97. The van der Waals surface area contributed by atoms with Crippen LogP contribution in [0.4, 0.5) is 4.79 Å². The highest BCUT2D eigenvalue weighted by atomic mass is 16.5. The van der Waals surface area contributed by atoms with Gasteiger partial charge in [-0.25, -0.2) is 4.79 Å². The molecule has 0 bridgehead atoms. The van der Waals surface area contributed by atoms with E-state index in [1.54, 1.807) is 0 Å². The van der Waals surface area contributed by atoms with Crippen molar-refractivity contribution in [2.75, 3.05) is 6.61 Å². The molecule has 1 amide bonds. The number of carbonyl (C=O) groups is 1. The van der Waals surface area contributed by atoms with Gasteiger partial charge >= 0.3 is 6.09 Å². The molecule has 0 radical (unpaired) electrons. The molecule has 4 heteroatoms. The third-order valence-electron chi connectivity index (χ3n) is 5.03. The zero-order valence-electron chi connectivity index (χ0n) is 15.9. The average Bonchev–Trinajstić information content (AvgIpc) is 2.99. The predicted molar refractivity (Wildman–Crippen MR) is 108 cm³/mol. The van der Waals surface area contributed by atoms with Crippen LogP contribution < -0.4 is 5.32 Å². The molecule has 2 aromatic rings. The lowest BCUT2D eigenvalue weighted by atomic mass is 9.98. The maximum absolute atomic E-state index is 12.4. The monoisotopic (exact) mass is 365 g/mol. The number of benzene rings is 2. The number of hydrogen-bond donors (Lipinski definition) is 2. The lowest BCUT2D eigenvalue weighted by Gasteiger charge is -2.24. The van der Waals surface area contributed by atoms with Gasteiger partial charge in [0, 0.05) is 5.92 Å². The van der Waals surface area contributed by atoms with Gasteiger partial charge in [-0.2, -0.15) is 0 Å². The zero-order chi connectivity index (χ0) is 19.4. The molecule has 1 aliphatic rings. The first-order valence-corrected chi connectivity index (χ1v) is 9.43. The van der Waals surface area contributed by atoms with Crippen LogP contribution in [-0.4, -0.2) is 30.0 Å². The van der Waals surface area contributed by atoms with Crippen LogP contribution in [-0.2, 0) is 4.74 Å². The molecule has 0 aliphatic heterocycles. The highest BCUT2D eigenvalue weighted by Gasteiger charge is 2.29. The fourth-order valence-electron chi connectivity index (χ4n) is 3.75. The van der Waals surface area contributed by atoms with E-state index in [0.29, 0.717) is 12.3 Å². The predicted octanol–water partition coefficient (Wildman–Crippen LogP) is 4.49. The van der Waals surface area contributed by atoms with Gasteiger partial charge in [0.15, 0.2) is 0 Å². The number of hydrogen-bond acceptors (Lipinski definition) is 3. The Morgan fingerprint density at radius 1 is 1.15 bits per heavy atom. The molecule has 0 saturated heterocycles. The van der Waals surface area contributed by atoms with Crippen LogP contribution in [0.2, 0.25) is 0 Å². The van der Waals surface area contributed by atoms with Gasteiger partial charge in [0.25, 0.3) is 0 Å². The van der Waals surface area contributed by atoms with Crippen LogP contribution in [0.5, 0.6) is 0 Å². The smallest absolute Gasteiger partial charge is 0.407 e. The highest BCUT2D eigenvalue weighted by molar-refractivity contribution is 5.79. The Morgan fingerprint density at radius 3 is 2.22 bits per heavy atom. The topological polar surface area (TPSA) is 58.6 Å². The second-order valence-corrected chi connectivity index (χ2v) is 7.43. The molecule has 0 fully saturated rings. The summed E-state index contributed by atoms with van der Waals surface area (Å²) < 4.78 is 5.55. The quantitative estimate of drug-likeness (QED) is 0.711. The molecule has 2 aromatic carbocycles. The van der Waals surface area contributed by atoms with E-state index in [1.165, 1.54) is 28.3 Å². The van der Waals surface area contributed by atoms with E-state index in [9.17, 15) is 9.90 Å². The molecule has 3 rings (SSSR count). The van der Waals surface area contributed by atoms with Crippen LogP contribution in [0.25, 0.3) is 11.1 Å². The number of carbonyl (C=O) groups excluding carboxylic acids is 1. The molecular formula is C23H27NO3. The van der Waals surface area contributed by atoms with Gasteiger partial charge in [-0.05, 0) is 34.6 Å². The molecule has 142 valence electrons. The fourth-order valence-corrected chi connectivity index (χ4v) is 3.75. The molecule has 27 heavy (non-hydrogen) atoms. The van der Waals surface area contributed by atoms with E-state index in [4.69, 9.17) is 4.74 Å². The number of amides is 1. The van der Waals surface area contributed by atoms with Gasteiger partial charge < -0.3 is 15.2 Å². The number of aliphatic hydroxyl groups is 1. The second-order valence-electron chi connectivity index (χ2n) is 7.43. The first-order chi connectivity index (χ1) is 13.0. The molecule has 4 nitrogen and oxygen atoms in total. The number of fused-ring (bicyclic) bond motifs is 3. The van der Waals surface area contributed by atoms with Crippen molar-refractivity contribution >= 4 is 6.09 Å². The number of ether oxygens (including phenoxy) is 1. The Labute approximate surface area is 160 Å². The Morgan fingerprint density at radius 2 is 1.70 bits per heavy atom. The third kappa shape index (κ3) is 4.22. The standard InChI is InChI=1S/C23H27NO3/c1-4-22(25)21(13-15(2)3)24-23(26)27-14-20-18-11-7-5-9-16(18)17-10-6-8-12-19(17)20/h4-12,15,20-22,25H,1,13-14H2,2-3H3,(H,24,26)/t21-,22+/m0/s1. The van der Waals surface area contributed by atoms with Crippen molar-refractivity contribution in [3.8, 4) is 11.1 Å². The number of rotatable bonds is 7. The van der Waals surface area contributed by atoms with Crippen molar-refractivity contribution in [1.82, 2.24) is 5.32 Å². The first-order valence-electron chi connectivity index (χ1n) is 9.43. The largest absolute Gasteiger partial charge is 0.449 e. The van der Waals surface area contributed by atoms with Gasteiger partial charge in [0.05, 0.1) is 12.1 Å². The van der Waals surface area contributed by atoms with Crippen LogP contribution in [0.3, 0.4) is 0 Å². The zero-order valence-corrected chi connectivity index (χ0v) is 15.9. The summed E-state index contributed by atoms with van der Waals surface area (Å²) in [7, 11) is 0. The highest BCUT2D eigenvalue weighted by Crippen LogP contribution is 2.44. The fraction of sp³-hybridized carbons (Fsp3) is 0.348. The van der Waals surface area contributed by atoms with Crippen LogP contribution in [0.1, 0.15) is 37.3 Å². The minimum Gasteiger partial charge on any atom is -0.449 e. The molecular weight excluding hydrogens is 338 g/mol. The third-order valence-corrected chi connectivity index (χ3v) is 5.03. The van der Waals surface area contributed by atoms with E-state index < -0.39 is 18.2 Å².